The van der Waals surface area contributed by atoms with Crippen LogP contribution in [0.5, 0.6) is 0 Å². The predicted molar refractivity (Wildman–Crippen MR) is 89.9 cm³/mol. The van der Waals surface area contributed by atoms with Crippen molar-refractivity contribution in [3.8, 4) is 0 Å². The third-order valence-corrected chi connectivity index (χ3v) is 3.79. The summed E-state index contributed by atoms with van der Waals surface area (Å²) < 4.78 is 5.21. The van der Waals surface area contributed by atoms with Gasteiger partial charge in [-0.3, -0.25) is 9.59 Å². The Kier molecular flexibility index (Phi) is 5.64. The number of likely N-dealkylation sites (tertiary alicyclic amines) is 1. The van der Waals surface area contributed by atoms with Gasteiger partial charge in [0.05, 0.1) is 0 Å². The Labute approximate surface area is 141 Å². The smallest absolute Gasteiger partial charge is 0.407 e. The Morgan fingerprint density at radius 1 is 1.42 bits per heavy atom. The van der Waals surface area contributed by atoms with Crippen LogP contribution in [0.25, 0.3) is 0 Å². The topological polar surface area (TPSA) is 91.5 Å². The van der Waals surface area contributed by atoms with Crippen LogP contribution in [0.4, 0.5) is 4.79 Å². The molecule has 1 aromatic heterocycles. The molecule has 1 aliphatic heterocycles. The number of carbonyl (C=O) groups is 2. The third-order valence-electron chi connectivity index (χ3n) is 3.79. The molecule has 1 saturated heterocycles. The van der Waals surface area contributed by atoms with Gasteiger partial charge in [0.1, 0.15) is 11.2 Å². The highest BCUT2D eigenvalue weighted by molar-refractivity contribution is 5.93. The molecule has 0 radical (unpaired) electrons. The monoisotopic (exact) mass is 335 g/mol. The number of hydrogen-bond donors (Lipinski definition) is 2. The largest absolute Gasteiger partial charge is 0.444 e. The summed E-state index contributed by atoms with van der Waals surface area (Å²) in [5, 5.41) is 2.75. The first kappa shape index (κ1) is 18.0. The van der Waals surface area contributed by atoms with Crippen molar-refractivity contribution in [3.05, 3.63) is 34.2 Å². The average molecular weight is 335 g/mol. The number of aromatic nitrogens is 1. The molecule has 1 unspecified atom stereocenters. The van der Waals surface area contributed by atoms with Crippen molar-refractivity contribution in [2.45, 2.75) is 39.2 Å². The number of aromatic amines is 1. The van der Waals surface area contributed by atoms with E-state index in [1.807, 2.05) is 20.8 Å². The molecule has 7 nitrogen and oxygen atoms in total. The normalized spacial score (nSPS) is 18.1. The summed E-state index contributed by atoms with van der Waals surface area (Å²) in [6.07, 6.45) is 2.82. The van der Waals surface area contributed by atoms with Crippen LogP contribution in [0.3, 0.4) is 0 Å². The van der Waals surface area contributed by atoms with E-state index >= 15 is 0 Å². The second kappa shape index (κ2) is 7.51. The quantitative estimate of drug-likeness (QED) is 0.880. The lowest BCUT2D eigenvalue weighted by molar-refractivity contribution is 0.0502. The summed E-state index contributed by atoms with van der Waals surface area (Å²) >= 11 is 0. The summed E-state index contributed by atoms with van der Waals surface area (Å²) in [7, 11) is 0. The van der Waals surface area contributed by atoms with E-state index in [4.69, 9.17) is 4.74 Å². The first-order chi connectivity index (χ1) is 11.3. The number of pyridine rings is 1. The lowest BCUT2D eigenvalue weighted by Crippen LogP contribution is -2.45. The van der Waals surface area contributed by atoms with E-state index in [9.17, 15) is 14.4 Å². The van der Waals surface area contributed by atoms with E-state index < -0.39 is 11.7 Å². The highest BCUT2D eigenvalue weighted by atomic mass is 16.6. The summed E-state index contributed by atoms with van der Waals surface area (Å²) in [5.74, 6) is -0.114. The average Bonchev–Trinajstić information content (AvgIpc) is 2.51. The van der Waals surface area contributed by atoms with Gasteiger partial charge in [-0.1, -0.05) is 0 Å². The van der Waals surface area contributed by atoms with Gasteiger partial charge in [0, 0.05) is 25.8 Å². The summed E-state index contributed by atoms with van der Waals surface area (Å²) in [6.45, 7) is 7.02. The lowest BCUT2D eigenvalue weighted by Gasteiger charge is -2.33. The zero-order valence-corrected chi connectivity index (χ0v) is 14.4. The second-order valence-corrected chi connectivity index (χ2v) is 7.06. The van der Waals surface area contributed by atoms with Crippen LogP contribution in [-0.2, 0) is 4.74 Å². The molecule has 2 amide bonds. The fourth-order valence-electron chi connectivity index (χ4n) is 2.72. The number of carbonyl (C=O) groups excluding carboxylic acids is 2. The molecule has 1 aromatic rings. The number of hydrogen-bond acceptors (Lipinski definition) is 4. The van der Waals surface area contributed by atoms with Crippen molar-refractivity contribution in [2.75, 3.05) is 19.6 Å². The lowest BCUT2D eigenvalue weighted by atomic mass is 9.97. The number of alkyl carbamates (subject to hydrolysis) is 1. The Morgan fingerprint density at radius 2 is 2.17 bits per heavy atom. The Bertz CT molecular complexity index is 648. The molecule has 7 heteroatoms. The molecule has 2 heterocycles. The van der Waals surface area contributed by atoms with Crippen molar-refractivity contribution in [1.29, 1.82) is 0 Å². The summed E-state index contributed by atoms with van der Waals surface area (Å²) in [6, 6.07) is 3.17. The Hall–Kier alpha value is -2.31. The molecule has 2 N–H and O–H groups in total. The molecule has 0 saturated carbocycles. The molecule has 0 bridgehead atoms. The molecule has 2 rings (SSSR count). The molecule has 1 aliphatic rings. The number of rotatable bonds is 3. The van der Waals surface area contributed by atoms with Gasteiger partial charge in [-0.15, -0.1) is 0 Å². The number of nitrogens with zero attached hydrogens (tertiary/aromatic N) is 1. The maximum absolute atomic E-state index is 12.5. The van der Waals surface area contributed by atoms with Crippen LogP contribution in [0.2, 0.25) is 0 Å². The molecule has 0 aliphatic carbocycles. The molecule has 0 aromatic carbocycles. The van der Waals surface area contributed by atoms with E-state index in [1.54, 1.807) is 11.0 Å². The van der Waals surface area contributed by atoms with Crippen LogP contribution in [-0.4, -0.2) is 47.1 Å². The van der Waals surface area contributed by atoms with E-state index in [1.165, 1.54) is 12.3 Å². The molecular formula is C17H25N3O4. The minimum absolute atomic E-state index is 0.151. The minimum Gasteiger partial charge on any atom is -0.444 e. The van der Waals surface area contributed by atoms with Gasteiger partial charge in [-0.05, 0) is 51.7 Å². The molecule has 24 heavy (non-hydrogen) atoms. The van der Waals surface area contributed by atoms with Crippen LogP contribution < -0.4 is 10.9 Å². The highest BCUT2D eigenvalue weighted by Crippen LogP contribution is 2.17. The maximum atomic E-state index is 12.5. The SMILES string of the molecule is CC(C)(C)OC(=O)NCC1CCCN(C(=O)c2ccc[nH]c2=O)C1. The van der Waals surface area contributed by atoms with Gasteiger partial charge in [-0.25, -0.2) is 4.79 Å². The van der Waals surface area contributed by atoms with E-state index in [-0.39, 0.29) is 22.9 Å². The standard InChI is InChI=1S/C17H25N3O4/c1-17(2,3)24-16(23)19-10-12-6-5-9-20(11-12)15(22)13-7-4-8-18-14(13)21/h4,7-8,12H,5-6,9-11H2,1-3H3,(H,18,21)(H,19,23). The molecule has 132 valence electrons. The van der Waals surface area contributed by atoms with Gasteiger partial charge in [0.2, 0.25) is 0 Å². The first-order valence-corrected chi connectivity index (χ1v) is 8.20. The summed E-state index contributed by atoms with van der Waals surface area (Å²) in [4.78, 5) is 40.2. The van der Waals surface area contributed by atoms with E-state index in [2.05, 4.69) is 10.3 Å². The predicted octanol–water partition coefficient (Wildman–Crippen LogP) is 1.75. The molecule has 1 atom stereocenters. The maximum Gasteiger partial charge on any atom is 0.407 e. The number of amides is 2. The zero-order valence-electron chi connectivity index (χ0n) is 14.4. The van der Waals surface area contributed by atoms with Gasteiger partial charge in [0.15, 0.2) is 0 Å². The van der Waals surface area contributed by atoms with Crippen LogP contribution in [0.1, 0.15) is 44.0 Å². The number of piperidine rings is 1. The fourth-order valence-corrected chi connectivity index (χ4v) is 2.72. The van der Waals surface area contributed by atoms with Crippen molar-refractivity contribution < 1.29 is 14.3 Å². The van der Waals surface area contributed by atoms with Gasteiger partial charge in [0.25, 0.3) is 11.5 Å². The number of ether oxygens (including phenoxy) is 1. The fraction of sp³-hybridized carbons (Fsp3) is 0.588. The van der Waals surface area contributed by atoms with E-state index in [0.717, 1.165) is 12.8 Å². The van der Waals surface area contributed by atoms with E-state index in [0.29, 0.717) is 19.6 Å². The van der Waals surface area contributed by atoms with Crippen molar-refractivity contribution in [1.82, 2.24) is 15.2 Å². The molecular weight excluding hydrogens is 310 g/mol. The zero-order chi connectivity index (χ0) is 17.7. The minimum atomic E-state index is -0.535. The van der Waals surface area contributed by atoms with Crippen LogP contribution in [0.15, 0.2) is 23.1 Å². The van der Waals surface area contributed by atoms with Crippen molar-refractivity contribution in [2.24, 2.45) is 5.92 Å². The Balaban J connectivity index is 1.90. The van der Waals surface area contributed by atoms with Gasteiger partial charge in [-0.2, -0.15) is 0 Å². The van der Waals surface area contributed by atoms with Gasteiger partial charge < -0.3 is 19.9 Å². The number of H-pyrrole nitrogens is 1. The Morgan fingerprint density at radius 3 is 2.83 bits per heavy atom. The van der Waals surface area contributed by atoms with Crippen LogP contribution >= 0.6 is 0 Å². The third kappa shape index (κ3) is 5.11. The first-order valence-electron chi connectivity index (χ1n) is 8.20. The molecule has 1 fully saturated rings. The van der Waals surface area contributed by atoms with Crippen LogP contribution in [0, 0.1) is 5.92 Å². The second-order valence-electron chi connectivity index (χ2n) is 7.06. The molecule has 0 spiro atoms. The number of nitrogens with one attached hydrogen (secondary N) is 2. The van der Waals surface area contributed by atoms with Crippen molar-refractivity contribution >= 4 is 12.0 Å². The van der Waals surface area contributed by atoms with Crippen molar-refractivity contribution in [3.63, 3.8) is 0 Å². The van der Waals surface area contributed by atoms with Gasteiger partial charge >= 0.3 is 6.09 Å². The summed E-state index contributed by atoms with van der Waals surface area (Å²) in [5.41, 5.74) is -0.762. The highest BCUT2D eigenvalue weighted by Gasteiger charge is 2.26.